The molecule has 24 heavy (non-hydrogen) atoms. The van der Waals surface area contributed by atoms with E-state index in [1.165, 1.54) is 0 Å². The molecule has 5 heteroatoms. The van der Waals surface area contributed by atoms with E-state index in [0.717, 1.165) is 30.6 Å². The highest BCUT2D eigenvalue weighted by Gasteiger charge is 2.22. The molecule has 0 radical (unpaired) electrons. The van der Waals surface area contributed by atoms with E-state index in [-0.39, 0.29) is 36.3 Å². The number of nitrogens with zero attached hydrogens (tertiary/aromatic N) is 1. The molecule has 1 aromatic rings. The normalized spacial score (nSPS) is 16.3. The highest BCUT2D eigenvalue weighted by Crippen LogP contribution is 2.22. The van der Waals surface area contributed by atoms with Crippen molar-refractivity contribution in [1.82, 2.24) is 5.32 Å². The topological polar surface area (TPSA) is 69.6 Å². The number of amides is 2. The number of rotatable bonds is 6. The third-order valence-electron chi connectivity index (χ3n) is 4.13. The van der Waals surface area contributed by atoms with Crippen molar-refractivity contribution >= 4 is 17.5 Å². The molecule has 132 valence electrons. The van der Waals surface area contributed by atoms with Crippen LogP contribution in [0.4, 0.5) is 5.69 Å². The van der Waals surface area contributed by atoms with Gasteiger partial charge in [0.25, 0.3) is 0 Å². The van der Waals surface area contributed by atoms with Crippen molar-refractivity contribution in [2.75, 3.05) is 18.1 Å². The van der Waals surface area contributed by atoms with Gasteiger partial charge >= 0.3 is 0 Å². The number of anilines is 1. The molecule has 0 spiro atoms. The van der Waals surface area contributed by atoms with Crippen LogP contribution in [0.25, 0.3) is 0 Å². The molecule has 0 bridgehead atoms. The van der Waals surface area contributed by atoms with E-state index in [2.05, 4.69) is 26.1 Å². The number of nitrogens with one attached hydrogen (secondary N) is 1. The highest BCUT2D eigenvalue weighted by atomic mass is 16.3. The summed E-state index contributed by atoms with van der Waals surface area (Å²) in [4.78, 5) is 25.7. The molecule has 1 atom stereocenters. The van der Waals surface area contributed by atoms with Gasteiger partial charge in [0.15, 0.2) is 0 Å². The molecule has 1 heterocycles. The average molecular weight is 332 g/mol. The fourth-order valence-corrected chi connectivity index (χ4v) is 3.08. The summed E-state index contributed by atoms with van der Waals surface area (Å²) in [6, 6.07) is 7.34. The summed E-state index contributed by atoms with van der Waals surface area (Å²) in [6.45, 7) is 6.96. The minimum atomic E-state index is -0.223. The standard InChI is InChI=1S/C19H28N2O3/c1-19(2,3)12-15(13-22)20-17(23)11-14-6-8-16(9-7-14)21-10-4-5-18(21)24/h6-9,15,22H,4-5,10-13H2,1-3H3,(H,20,23). The third-order valence-corrected chi connectivity index (χ3v) is 4.13. The van der Waals surface area contributed by atoms with Crippen LogP contribution in [0.5, 0.6) is 0 Å². The number of carbonyl (C=O) groups is 2. The van der Waals surface area contributed by atoms with Crippen LogP contribution >= 0.6 is 0 Å². The summed E-state index contributed by atoms with van der Waals surface area (Å²) in [7, 11) is 0. The molecule has 1 aromatic carbocycles. The molecule has 1 unspecified atom stereocenters. The van der Waals surface area contributed by atoms with Gasteiger partial charge in [-0.1, -0.05) is 32.9 Å². The van der Waals surface area contributed by atoms with Crippen molar-refractivity contribution in [3.8, 4) is 0 Å². The molecule has 5 nitrogen and oxygen atoms in total. The highest BCUT2D eigenvalue weighted by molar-refractivity contribution is 5.95. The minimum Gasteiger partial charge on any atom is -0.394 e. The van der Waals surface area contributed by atoms with Gasteiger partial charge < -0.3 is 15.3 Å². The van der Waals surface area contributed by atoms with E-state index in [9.17, 15) is 14.7 Å². The maximum absolute atomic E-state index is 12.2. The number of benzene rings is 1. The van der Waals surface area contributed by atoms with Crippen LogP contribution in [0.2, 0.25) is 0 Å². The Bertz CT molecular complexity index is 575. The van der Waals surface area contributed by atoms with Crippen molar-refractivity contribution in [3.63, 3.8) is 0 Å². The fourth-order valence-electron chi connectivity index (χ4n) is 3.08. The molecule has 2 amide bonds. The zero-order valence-electron chi connectivity index (χ0n) is 14.8. The SMILES string of the molecule is CC(C)(C)CC(CO)NC(=O)Cc1ccc(N2CCCC2=O)cc1. The first-order valence-electron chi connectivity index (χ1n) is 8.58. The first-order chi connectivity index (χ1) is 11.3. The van der Waals surface area contributed by atoms with Gasteiger partial charge in [-0.3, -0.25) is 9.59 Å². The lowest BCUT2D eigenvalue weighted by Crippen LogP contribution is -2.40. The second-order valence-electron chi connectivity index (χ2n) is 7.70. The molecule has 2 rings (SSSR count). The molecule has 1 fully saturated rings. The van der Waals surface area contributed by atoms with E-state index < -0.39 is 0 Å². The Labute approximate surface area is 144 Å². The summed E-state index contributed by atoms with van der Waals surface area (Å²) in [5, 5.41) is 12.3. The molecule has 0 saturated carbocycles. The number of hydrogen-bond acceptors (Lipinski definition) is 3. The zero-order valence-corrected chi connectivity index (χ0v) is 14.8. The van der Waals surface area contributed by atoms with Crippen molar-refractivity contribution in [2.24, 2.45) is 5.41 Å². The van der Waals surface area contributed by atoms with Crippen LogP contribution in [0.1, 0.15) is 45.6 Å². The van der Waals surface area contributed by atoms with Crippen molar-refractivity contribution < 1.29 is 14.7 Å². The Morgan fingerprint density at radius 3 is 2.46 bits per heavy atom. The lowest BCUT2D eigenvalue weighted by atomic mass is 9.88. The summed E-state index contributed by atoms with van der Waals surface area (Å²) in [6.07, 6.45) is 2.51. The molecule has 2 N–H and O–H groups in total. The van der Waals surface area contributed by atoms with Gasteiger partial charge in [-0.05, 0) is 36.0 Å². The first kappa shape index (κ1) is 18.5. The third kappa shape index (κ3) is 5.34. The minimum absolute atomic E-state index is 0.0462. The van der Waals surface area contributed by atoms with Gasteiger partial charge in [-0.15, -0.1) is 0 Å². The fraction of sp³-hybridized carbons (Fsp3) is 0.579. The average Bonchev–Trinajstić information content (AvgIpc) is 2.92. The van der Waals surface area contributed by atoms with Crippen molar-refractivity contribution in [1.29, 1.82) is 0 Å². The number of aliphatic hydroxyl groups is 1. The molecule has 1 aliphatic rings. The van der Waals surface area contributed by atoms with E-state index in [1.54, 1.807) is 4.90 Å². The van der Waals surface area contributed by atoms with Gasteiger partial charge in [0.05, 0.1) is 19.1 Å². The molecule has 1 saturated heterocycles. The van der Waals surface area contributed by atoms with Crippen molar-refractivity contribution in [2.45, 2.75) is 52.5 Å². The molecule has 0 aliphatic carbocycles. The maximum atomic E-state index is 12.2. The summed E-state index contributed by atoms with van der Waals surface area (Å²) < 4.78 is 0. The Morgan fingerprint density at radius 1 is 1.29 bits per heavy atom. The maximum Gasteiger partial charge on any atom is 0.227 e. The lowest BCUT2D eigenvalue weighted by Gasteiger charge is -2.25. The summed E-state index contributed by atoms with van der Waals surface area (Å²) in [5.41, 5.74) is 1.84. The summed E-state index contributed by atoms with van der Waals surface area (Å²) in [5.74, 6) is 0.0664. The monoisotopic (exact) mass is 332 g/mol. The second kappa shape index (κ2) is 7.79. The molecule has 0 aromatic heterocycles. The van der Waals surface area contributed by atoms with Gasteiger partial charge in [-0.25, -0.2) is 0 Å². The Kier molecular flexibility index (Phi) is 5.99. The van der Waals surface area contributed by atoms with Crippen LogP contribution in [0.3, 0.4) is 0 Å². The second-order valence-corrected chi connectivity index (χ2v) is 7.70. The van der Waals surface area contributed by atoms with E-state index in [4.69, 9.17) is 0 Å². The largest absolute Gasteiger partial charge is 0.394 e. The van der Waals surface area contributed by atoms with Gasteiger partial charge in [0, 0.05) is 18.7 Å². The number of hydrogen-bond donors (Lipinski definition) is 2. The Balaban J connectivity index is 1.90. The van der Waals surface area contributed by atoms with E-state index >= 15 is 0 Å². The van der Waals surface area contributed by atoms with Gasteiger partial charge in [0.1, 0.15) is 0 Å². The van der Waals surface area contributed by atoms with E-state index in [0.29, 0.717) is 6.42 Å². The smallest absolute Gasteiger partial charge is 0.227 e. The summed E-state index contributed by atoms with van der Waals surface area (Å²) >= 11 is 0. The van der Waals surface area contributed by atoms with Crippen LogP contribution in [0.15, 0.2) is 24.3 Å². The lowest BCUT2D eigenvalue weighted by molar-refractivity contribution is -0.121. The Hall–Kier alpha value is -1.88. The first-order valence-corrected chi connectivity index (χ1v) is 8.58. The number of aliphatic hydroxyl groups excluding tert-OH is 1. The van der Waals surface area contributed by atoms with E-state index in [1.807, 2.05) is 24.3 Å². The van der Waals surface area contributed by atoms with Crippen LogP contribution < -0.4 is 10.2 Å². The van der Waals surface area contributed by atoms with Crippen molar-refractivity contribution in [3.05, 3.63) is 29.8 Å². The predicted molar refractivity (Wildman–Crippen MR) is 94.8 cm³/mol. The van der Waals surface area contributed by atoms with Gasteiger partial charge in [0.2, 0.25) is 11.8 Å². The van der Waals surface area contributed by atoms with Crippen LogP contribution in [-0.4, -0.2) is 36.1 Å². The number of carbonyl (C=O) groups excluding carboxylic acids is 2. The van der Waals surface area contributed by atoms with Crippen LogP contribution in [-0.2, 0) is 16.0 Å². The predicted octanol–water partition coefficient (Wildman–Crippen LogP) is 2.27. The zero-order chi connectivity index (χ0) is 17.7. The molecule has 1 aliphatic heterocycles. The molecular formula is C19H28N2O3. The molecular weight excluding hydrogens is 304 g/mol. The van der Waals surface area contributed by atoms with Gasteiger partial charge in [-0.2, -0.15) is 0 Å². The van der Waals surface area contributed by atoms with Crippen LogP contribution in [0, 0.1) is 5.41 Å². The quantitative estimate of drug-likeness (QED) is 0.839. The Morgan fingerprint density at radius 2 is 1.96 bits per heavy atom.